The van der Waals surface area contributed by atoms with Gasteiger partial charge in [0, 0.05) is 0 Å². The SMILES string of the molecule is CCC(S)C(=O)OCC(C)OC(=O)C(S)CC. The first-order chi connectivity index (χ1) is 7.92. The van der Waals surface area contributed by atoms with Gasteiger partial charge in [0.15, 0.2) is 0 Å². The van der Waals surface area contributed by atoms with Crippen molar-refractivity contribution >= 4 is 37.2 Å². The van der Waals surface area contributed by atoms with E-state index in [4.69, 9.17) is 9.47 Å². The fraction of sp³-hybridized carbons (Fsp3) is 0.818. The Morgan fingerprint density at radius 2 is 1.53 bits per heavy atom. The highest BCUT2D eigenvalue weighted by molar-refractivity contribution is 7.82. The van der Waals surface area contributed by atoms with Crippen LogP contribution in [-0.2, 0) is 19.1 Å². The fourth-order valence-electron chi connectivity index (χ4n) is 0.940. The Bertz CT molecular complexity index is 258. The number of esters is 2. The number of rotatable bonds is 7. The Morgan fingerprint density at radius 3 is 2.00 bits per heavy atom. The number of ether oxygens (including phenoxy) is 2. The van der Waals surface area contributed by atoms with Crippen molar-refractivity contribution in [2.75, 3.05) is 6.61 Å². The maximum atomic E-state index is 11.4. The number of hydrogen-bond acceptors (Lipinski definition) is 6. The molecule has 3 atom stereocenters. The lowest BCUT2D eigenvalue weighted by atomic mass is 10.3. The summed E-state index contributed by atoms with van der Waals surface area (Å²) in [4.78, 5) is 22.7. The first-order valence-corrected chi connectivity index (χ1v) is 6.68. The van der Waals surface area contributed by atoms with Gasteiger partial charge in [0.25, 0.3) is 0 Å². The summed E-state index contributed by atoms with van der Waals surface area (Å²) >= 11 is 8.11. The van der Waals surface area contributed by atoms with Crippen molar-refractivity contribution in [1.82, 2.24) is 0 Å². The summed E-state index contributed by atoms with van der Waals surface area (Å²) < 4.78 is 10.0. The van der Waals surface area contributed by atoms with Gasteiger partial charge in [-0.05, 0) is 19.8 Å². The molecule has 0 aromatic rings. The Labute approximate surface area is 113 Å². The van der Waals surface area contributed by atoms with Crippen LogP contribution in [0, 0.1) is 0 Å². The van der Waals surface area contributed by atoms with E-state index in [2.05, 4.69) is 25.3 Å². The van der Waals surface area contributed by atoms with Gasteiger partial charge in [0.1, 0.15) is 12.7 Å². The molecule has 0 aliphatic carbocycles. The molecule has 0 amide bonds. The molecule has 0 fully saturated rings. The van der Waals surface area contributed by atoms with Crippen LogP contribution in [-0.4, -0.2) is 35.1 Å². The third-order valence-electron chi connectivity index (χ3n) is 2.10. The summed E-state index contributed by atoms with van der Waals surface area (Å²) in [6.45, 7) is 5.40. The highest BCUT2D eigenvalue weighted by atomic mass is 32.1. The number of hydrogen-bond donors (Lipinski definition) is 2. The number of carbonyl (C=O) groups excluding carboxylic acids is 2. The third-order valence-corrected chi connectivity index (χ3v) is 3.25. The van der Waals surface area contributed by atoms with Crippen LogP contribution in [0.2, 0.25) is 0 Å². The summed E-state index contributed by atoms with van der Waals surface area (Å²) in [6.07, 6.45) is 0.734. The molecule has 0 bridgehead atoms. The first-order valence-electron chi connectivity index (χ1n) is 5.65. The minimum Gasteiger partial charge on any atom is -0.461 e. The van der Waals surface area contributed by atoms with Gasteiger partial charge in [0.05, 0.1) is 10.5 Å². The standard InChI is InChI=1S/C11H20O4S2/c1-4-8(16)10(12)14-6-7(3)15-11(13)9(17)5-2/h7-9,16-17H,4-6H2,1-3H3. The van der Waals surface area contributed by atoms with Gasteiger partial charge in [-0.25, -0.2) is 0 Å². The lowest BCUT2D eigenvalue weighted by molar-refractivity contribution is -0.157. The molecule has 6 heteroatoms. The van der Waals surface area contributed by atoms with Gasteiger partial charge in [-0.1, -0.05) is 13.8 Å². The van der Waals surface area contributed by atoms with Crippen LogP contribution in [0.25, 0.3) is 0 Å². The van der Waals surface area contributed by atoms with E-state index in [0.717, 1.165) is 0 Å². The molecule has 17 heavy (non-hydrogen) atoms. The molecule has 3 unspecified atom stereocenters. The molecule has 0 radical (unpaired) electrons. The molecule has 0 spiro atoms. The molecular weight excluding hydrogens is 260 g/mol. The predicted molar refractivity (Wildman–Crippen MR) is 72.6 cm³/mol. The van der Waals surface area contributed by atoms with Gasteiger partial charge < -0.3 is 9.47 Å². The van der Waals surface area contributed by atoms with Crippen molar-refractivity contribution in [1.29, 1.82) is 0 Å². The lowest BCUT2D eigenvalue weighted by Gasteiger charge is -2.16. The fourth-order valence-corrected chi connectivity index (χ4v) is 1.08. The summed E-state index contributed by atoms with van der Waals surface area (Å²) in [5.74, 6) is -0.783. The van der Waals surface area contributed by atoms with Crippen molar-refractivity contribution in [3.63, 3.8) is 0 Å². The van der Waals surface area contributed by atoms with Crippen molar-refractivity contribution in [2.24, 2.45) is 0 Å². The minimum absolute atomic E-state index is 0.0475. The highest BCUT2D eigenvalue weighted by Crippen LogP contribution is 2.07. The van der Waals surface area contributed by atoms with E-state index in [0.29, 0.717) is 12.8 Å². The predicted octanol–water partition coefficient (Wildman–Crippen LogP) is 1.88. The molecular formula is C11H20O4S2. The molecule has 0 N–H and O–H groups in total. The van der Waals surface area contributed by atoms with E-state index >= 15 is 0 Å². The van der Waals surface area contributed by atoms with Crippen LogP contribution >= 0.6 is 25.3 Å². The van der Waals surface area contributed by atoms with Crippen molar-refractivity contribution in [2.45, 2.75) is 50.2 Å². The minimum atomic E-state index is -0.468. The van der Waals surface area contributed by atoms with Crippen LogP contribution in [0.1, 0.15) is 33.6 Å². The Hall–Kier alpha value is -0.360. The quantitative estimate of drug-likeness (QED) is 0.552. The number of carbonyl (C=O) groups is 2. The van der Waals surface area contributed by atoms with E-state index in [-0.39, 0.29) is 6.61 Å². The topological polar surface area (TPSA) is 52.6 Å². The third kappa shape index (κ3) is 6.83. The zero-order valence-electron chi connectivity index (χ0n) is 10.4. The van der Waals surface area contributed by atoms with Crippen molar-refractivity contribution < 1.29 is 19.1 Å². The van der Waals surface area contributed by atoms with Crippen LogP contribution in [0.4, 0.5) is 0 Å². The zero-order valence-corrected chi connectivity index (χ0v) is 12.2. The molecule has 100 valence electrons. The molecule has 0 aliphatic heterocycles. The molecule has 0 saturated carbocycles. The normalized spacial score (nSPS) is 15.8. The number of thiol groups is 2. The van der Waals surface area contributed by atoms with Gasteiger partial charge in [-0.15, -0.1) is 0 Å². The zero-order chi connectivity index (χ0) is 13.4. The van der Waals surface area contributed by atoms with Crippen LogP contribution in [0.5, 0.6) is 0 Å². The largest absolute Gasteiger partial charge is 0.461 e. The molecule has 0 aromatic heterocycles. The summed E-state index contributed by atoms with van der Waals surface area (Å²) in [7, 11) is 0. The average molecular weight is 280 g/mol. The van der Waals surface area contributed by atoms with Gasteiger partial charge in [-0.2, -0.15) is 25.3 Å². The van der Waals surface area contributed by atoms with E-state index in [1.807, 2.05) is 13.8 Å². The lowest BCUT2D eigenvalue weighted by Crippen LogP contribution is -2.28. The van der Waals surface area contributed by atoms with Crippen molar-refractivity contribution in [3.05, 3.63) is 0 Å². The molecule has 0 heterocycles. The second-order valence-electron chi connectivity index (χ2n) is 3.73. The molecule has 4 nitrogen and oxygen atoms in total. The van der Waals surface area contributed by atoms with Crippen LogP contribution < -0.4 is 0 Å². The maximum Gasteiger partial charge on any atom is 0.319 e. The summed E-state index contributed by atoms with van der Waals surface area (Å²) in [5.41, 5.74) is 0. The molecule has 0 saturated heterocycles. The van der Waals surface area contributed by atoms with Crippen LogP contribution in [0.3, 0.4) is 0 Å². The Kier molecular flexibility index (Phi) is 8.51. The van der Waals surface area contributed by atoms with Gasteiger partial charge in [0.2, 0.25) is 0 Å². The molecule has 0 aromatic carbocycles. The smallest absolute Gasteiger partial charge is 0.319 e. The Morgan fingerprint density at radius 1 is 1.06 bits per heavy atom. The summed E-state index contributed by atoms with van der Waals surface area (Å²) in [6, 6.07) is 0. The summed E-state index contributed by atoms with van der Waals surface area (Å²) in [5, 5.41) is -0.854. The second kappa shape index (κ2) is 8.69. The Balaban J connectivity index is 3.91. The van der Waals surface area contributed by atoms with Crippen molar-refractivity contribution in [3.8, 4) is 0 Å². The highest BCUT2D eigenvalue weighted by Gasteiger charge is 2.19. The maximum absolute atomic E-state index is 11.4. The first kappa shape index (κ1) is 16.6. The molecule has 0 aliphatic rings. The monoisotopic (exact) mass is 280 g/mol. The van der Waals surface area contributed by atoms with Gasteiger partial charge >= 0.3 is 11.9 Å². The second-order valence-corrected chi connectivity index (χ2v) is 4.97. The van der Waals surface area contributed by atoms with E-state index in [1.54, 1.807) is 6.92 Å². The molecule has 0 rings (SSSR count). The van der Waals surface area contributed by atoms with Crippen LogP contribution in [0.15, 0.2) is 0 Å². The average Bonchev–Trinajstić information content (AvgIpc) is 2.33. The van der Waals surface area contributed by atoms with Gasteiger partial charge in [-0.3, -0.25) is 9.59 Å². The van der Waals surface area contributed by atoms with E-state index in [1.165, 1.54) is 0 Å². The van der Waals surface area contributed by atoms with E-state index < -0.39 is 28.5 Å². The van der Waals surface area contributed by atoms with E-state index in [9.17, 15) is 9.59 Å².